The maximum atomic E-state index is 12.2. The van der Waals surface area contributed by atoms with Gasteiger partial charge in [-0.05, 0) is 49.4 Å². The van der Waals surface area contributed by atoms with Crippen molar-refractivity contribution in [3.05, 3.63) is 21.9 Å². The Balaban J connectivity index is 1.41. The van der Waals surface area contributed by atoms with Gasteiger partial charge < -0.3 is 15.0 Å². The fourth-order valence-corrected chi connectivity index (χ4v) is 3.78. The fourth-order valence-electron chi connectivity index (χ4n) is 2.89. The Hall–Kier alpha value is -0.910. The van der Waals surface area contributed by atoms with Crippen LogP contribution in [-0.4, -0.2) is 43.2 Å². The molecule has 110 valence electrons. The van der Waals surface area contributed by atoms with Crippen LogP contribution in [0.1, 0.15) is 29.7 Å². The number of ether oxygens (including phenoxy) is 1. The molecule has 1 N–H and O–H groups in total. The molecule has 1 fully saturated rings. The zero-order valence-electron chi connectivity index (χ0n) is 11.8. The molecule has 1 amide bonds. The van der Waals surface area contributed by atoms with Crippen molar-refractivity contribution in [3.8, 4) is 0 Å². The number of nitrogens with zero attached hydrogens (tertiary/aromatic N) is 1. The van der Waals surface area contributed by atoms with Gasteiger partial charge in [-0.3, -0.25) is 4.79 Å². The average Bonchev–Trinajstić information content (AvgIpc) is 2.95. The van der Waals surface area contributed by atoms with Gasteiger partial charge in [0, 0.05) is 18.0 Å². The van der Waals surface area contributed by atoms with Gasteiger partial charge in [0.1, 0.15) is 0 Å². The zero-order valence-corrected chi connectivity index (χ0v) is 12.6. The van der Waals surface area contributed by atoms with Crippen LogP contribution in [0.25, 0.3) is 0 Å². The van der Waals surface area contributed by atoms with Crippen molar-refractivity contribution in [1.82, 2.24) is 10.2 Å². The molecule has 0 saturated carbocycles. The van der Waals surface area contributed by atoms with E-state index in [0.29, 0.717) is 19.1 Å². The molecule has 2 aliphatic heterocycles. The molecule has 3 heterocycles. The van der Waals surface area contributed by atoms with E-state index in [2.05, 4.69) is 16.8 Å². The van der Waals surface area contributed by atoms with Gasteiger partial charge in [0.2, 0.25) is 5.91 Å². The van der Waals surface area contributed by atoms with E-state index >= 15 is 0 Å². The molecular formula is C15H22N2O2S. The molecule has 0 aromatic carbocycles. The monoisotopic (exact) mass is 294 g/mol. The van der Waals surface area contributed by atoms with E-state index in [1.807, 2.05) is 16.2 Å². The summed E-state index contributed by atoms with van der Waals surface area (Å²) in [6.07, 6.45) is 4.00. The number of carbonyl (C=O) groups excluding carboxylic acids is 1. The summed E-state index contributed by atoms with van der Waals surface area (Å²) in [6.45, 7) is 4.28. The highest BCUT2D eigenvalue weighted by Crippen LogP contribution is 2.24. The second-order valence-corrected chi connectivity index (χ2v) is 6.51. The van der Waals surface area contributed by atoms with Gasteiger partial charge >= 0.3 is 0 Å². The van der Waals surface area contributed by atoms with Crippen LogP contribution >= 0.6 is 11.3 Å². The zero-order chi connectivity index (χ0) is 13.8. The Morgan fingerprint density at radius 1 is 1.45 bits per heavy atom. The summed E-state index contributed by atoms with van der Waals surface area (Å²) in [5.41, 5.74) is 1.33. The van der Waals surface area contributed by atoms with Crippen LogP contribution in [0.3, 0.4) is 0 Å². The molecule has 3 rings (SSSR count). The Bertz CT molecular complexity index is 454. The first-order valence-electron chi connectivity index (χ1n) is 7.48. The van der Waals surface area contributed by atoms with Gasteiger partial charge in [-0.1, -0.05) is 0 Å². The Morgan fingerprint density at radius 3 is 3.15 bits per heavy atom. The smallest absolute Gasteiger partial charge is 0.225 e. The molecule has 0 spiro atoms. The first-order valence-corrected chi connectivity index (χ1v) is 8.36. The van der Waals surface area contributed by atoms with Gasteiger partial charge in [-0.2, -0.15) is 0 Å². The number of amides is 1. The second-order valence-electron chi connectivity index (χ2n) is 5.50. The summed E-state index contributed by atoms with van der Waals surface area (Å²) >= 11 is 1.81. The molecule has 0 atom stereocenters. The Labute approximate surface area is 124 Å². The molecule has 1 aromatic heterocycles. The van der Waals surface area contributed by atoms with Crippen molar-refractivity contribution in [1.29, 1.82) is 0 Å². The van der Waals surface area contributed by atoms with Crippen molar-refractivity contribution in [2.24, 2.45) is 0 Å². The largest absolute Gasteiger partial charge is 0.378 e. The number of thiophene rings is 1. The third-order valence-corrected chi connectivity index (χ3v) is 5.14. The summed E-state index contributed by atoms with van der Waals surface area (Å²) in [5, 5.41) is 5.44. The van der Waals surface area contributed by atoms with Crippen molar-refractivity contribution < 1.29 is 9.53 Å². The number of nitrogens with one attached hydrogen (secondary N) is 1. The van der Waals surface area contributed by atoms with E-state index in [1.165, 1.54) is 10.4 Å². The summed E-state index contributed by atoms with van der Waals surface area (Å²) in [6, 6.07) is 2.14. The number of fused-ring (bicyclic) bond motifs is 1. The van der Waals surface area contributed by atoms with Crippen LogP contribution < -0.4 is 5.32 Å². The quantitative estimate of drug-likeness (QED) is 0.920. The molecule has 1 aromatic rings. The van der Waals surface area contributed by atoms with Crippen LogP contribution in [0.4, 0.5) is 0 Å². The lowest BCUT2D eigenvalue weighted by molar-refractivity contribution is -0.133. The lowest BCUT2D eigenvalue weighted by Crippen LogP contribution is -2.37. The van der Waals surface area contributed by atoms with Crippen LogP contribution in [-0.2, 0) is 22.5 Å². The highest BCUT2D eigenvalue weighted by atomic mass is 32.1. The standard InChI is InChI=1S/C15H22N2O2S/c18-15(4-9-19-13-1-6-16-7-2-13)17-8-3-14-12(11-17)5-10-20-14/h5,10,13,16H,1-4,6-9,11H2. The van der Waals surface area contributed by atoms with Crippen molar-refractivity contribution in [2.75, 3.05) is 26.2 Å². The highest BCUT2D eigenvalue weighted by Gasteiger charge is 2.21. The van der Waals surface area contributed by atoms with E-state index in [-0.39, 0.29) is 5.91 Å². The van der Waals surface area contributed by atoms with Crippen LogP contribution in [0.15, 0.2) is 11.4 Å². The van der Waals surface area contributed by atoms with E-state index in [0.717, 1.165) is 45.4 Å². The third kappa shape index (κ3) is 3.40. The summed E-state index contributed by atoms with van der Waals surface area (Å²) in [4.78, 5) is 15.6. The molecule has 0 radical (unpaired) electrons. The predicted molar refractivity (Wildman–Crippen MR) is 79.9 cm³/mol. The first-order chi connectivity index (χ1) is 9.83. The molecule has 5 heteroatoms. The number of carbonyl (C=O) groups is 1. The van der Waals surface area contributed by atoms with Crippen molar-refractivity contribution >= 4 is 17.2 Å². The predicted octanol–water partition coefficient (Wildman–Crippen LogP) is 1.79. The average molecular weight is 294 g/mol. The molecular weight excluding hydrogens is 272 g/mol. The molecule has 1 saturated heterocycles. The van der Waals surface area contributed by atoms with Gasteiger partial charge in [-0.15, -0.1) is 11.3 Å². The Morgan fingerprint density at radius 2 is 2.30 bits per heavy atom. The van der Waals surface area contributed by atoms with E-state index < -0.39 is 0 Å². The lowest BCUT2D eigenvalue weighted by Gasteiger charge is -2.28. The van der Waals surface area contributed by atoms with Crippen molar-refractivity contribution in [2.45, 2.75) is 38.3 Å². The van der Waals surface area contributed by atoms with E-state index in [4.69, 9.17) is 4.74 Å². The number of rotatable bonds is 4. The second kappa shape index (κ2) is 6.70. The minimum atomic E-state index is 0.232. The first kappa shape index (κ1) is 14.0. The Kier molecular flexibility index (Phi) is 4.70. The maximum absolute atomic E-state index is 12.2. The van der Waals surface area contributed by atoms with E-state index in [1.54, 1.807) is 0 Å². The number of piperidine rings is 1. The summed E-state index contributed by atoms with van der Waals surface area (Å²) in [5.74, 6) is 0.232. The van der Waals surface area contributed by atoms with Crippen LogP contribution in [0.2, 0.25) is 0 Å². The highest BCUT2D eigenvalue weighted by molar-refractivity contribution is 7.10. The third-order valence-electron chi connectivity index (χ3n) is 4.12. The van der Waals surface area contributed by atoms with Crippen LogP contribution in [0.5, 0.6) is 0 Å². The molecule has 4 nitrogen and oxygen atoms in total. The number of hydrogen-bond acceptors (Lipinski definition) is 4. The van der Waals surface area contributed by atoms with Gasteiger partial charge in [-0.25, -0.2) is 0 Å². The van der Waals surface area contributed by atoms with Gasteiger partial charge in [0.15, 0.2) is 0 Å². The number of hydrogen-bond donors (Lipinski definition) is 1. The summed E-state index contributed by atoms with van der Waals surface area (Å²) < 4.78 is 5.81. The summed E-state index contributed by atoms with van der Waals surface area (Å²) in [7, 11) is 0. The van der Waals surface area contributed by atoms with Gasteiger partial charge in [0.05, 0.1) is 19.1 Å². The minimum Gasteiger partial charge on any atom is -0.378 e. The van der Waals surface area contributed by atoms with Gasteiger partial charge in [0.25, 0.3) is 0 Å². The molecule has 2 aliphatic rings. The van der Waals surface area contributed by atoms with E-state index in [9.17, 15) is 4.79 Å². The fraction of sp³-hybridized carbons (Fsp3) is 0.667. The molecule has 0 bridgehead atoms. The molecule has 0 unspecified atom stereocenters. The van der Waals surface area contributed by atoms with Crippen LogP contribution in [0, 0.1) is 0 Å². The topological polar surface area (TPSA) is 41.6 Å². The molecule has 0 aliphatic carbocycles. The normalized spacial score (nSPS) is 19.9. The lowest BCUT2D eigenvalue weighted by atomic mass is 10.1. The molecule has 20 heavy (non-hydrogen) atoms. The SMILES string of the molecule is O=C(CCOC1CCNCC1)N1CCc2sccc2C1. The maximum Gasteiger partial charge on any atom is 0.225 e. The minimum absolute atomic E-state index is 0.232. The van der Waals surface area contributed by atoms with Crippen molar-refractivity contribution in [3.63, 3.8) is 0 Å².